The van der Waals surface area contributed by atoms with E-state index in [4.69, 9.17) is 0 Å². The number of anilines is 2. The van der Waals surface area contributed by atoms with Gasteiger partial charge in [-0.25, -0.2) is 4.98 Å². The van der Waals surface area contributed by atoms with E-state index in [0.717, 1.165) is 41.8 Å². The normalized spacial score (nSPS) is 19.6. The van der Waals surface area contributed by atoms with Crippen molar-refractivity contribution in [2.75, 3.05) is 29.9 Å². The van der Waals surface area contributed by atoms with Crippen molar-refractivity contribution >= 4 is 27.7 Å². The predicted octanol–water partition coefficient (Wildman–Crippen LogP) is 3.15. The number of hydrogen-bond donors (Lipinski definition) is 1. The van der Waals surface area contributed by atoms with Gasteiger partial charge in [0.15, 0.2) is 0 Å². The van der Waals surface area contributed by atoms with E-state index in [9.17, 15) is 0 Å². The van der Waals surface area contributed by atoms with Gasteiger partial charge >= 0.3 is 0 Å². The van der Waals surface area contributed by atoms with Crippen LogP contribution >= 0.6 is 15.9 Å². The lowest BCUT2D eigenvalue weighted by molar-refractivity contribution is 0.422. The van der Waals surface area contributed by atoms with Crippen molar-refractivity contribution in [2.45, 2.75) is 27.2 Å². The quantitative estimate of drug-likeness (QED) is 0.927. The van der Waals surface area contributed by atoms with E-state index in [1.54, 1.807) is 0 Å². The molecular formula is C13H21BrN4. The van der Waals surface area contributed by atoms with E-state index in [-0.39, 0.29) is 0 Å². The number of hydrogen-bond acceptors (Lipinski definition) is 4. The molecule has 0 radical (unpaired) electrons. The first-order chi connectivity index (χ1) is 8.61. The summed E-state index contributed by atoms with van der Waals surface area (Å²) in [6.07, 6.45) is 3.09. The van der Waals surface area contributed by atoms with Gasteiger partial charge in [0.2, 0.25) is 5.95 Å². The maximum absolute atomic E-state index is 4.59. The highest BCUT2D eigenvalue weighted by atomic mass is 79.9. The first kappa shape index (κ1) is 13.6. The molecule has 0 spiro atoms. The van der Waals surface area contributed by atoms with Gasteiger partial charge in [-0.2, -0.15) is 4.98 Å². The molecule has 1 aliphatic rings. The summed E-state index contributed by atoms with van der Waals surface area (Å²) in [7, 11) is 0. The zero-order valence-corrected chi connectivity index (χ0v) is 12.9. The van der Waals surface area contributed by atoms with Crippen LogP contribution in [0.5, 0.6) is 0 Å². The van der Waals surface area contributed by atoms with Gasteiger partial charge in [0, 0.05) is 25.8 Å². The molecule has 1 aliphatic heterocycles. The zero-order chi connectivity index (χ0) is 13.1. The smallest absolute Gasteiger partial charge is 0.224 e. The number of nitrogens with zero attached hydrogens (tertiary/aromatic N) is 3. The summed E-state index contributed by atoms with van der Waals surface area (Å²) in [6, 6.07) is 0. The van der Waals surface area contributed by atoms with Gasteiger partial charge in [0.1, 0.15) is 5.82 Å². The molecule has 0 aliphatic carbocycles. The van der Waals surface area contributed by atoms with Crippen molar-refractivity contribution < 1.29 is 0 Å². The Morgan fingerprint density at radius 2 is 2.33 bits per heavy atom. The van der Waals surface area contributed by atoms with Gasteiger partial charge in [-0.05, 0) is 41.1 Å². The van der Waals surface area contributed by atoms with Crippen molar-refractivity contribution in [1.82, 2.24) is 9.97 Å². The summed E-state index contributed by atoms with van der Waals surface area (Å²) in [5, 5.41) is 3.16. The second-order valence-electron chi connectivity index (χ2n) is 5.13. The van der Waals surface area contributed by atoms with Gasteiger partial charge < -0.3 is 10.2 Å². The molecule has 0 aromatic carbocycles. The standard InChI is InChI=1S/C13H21BrN4/c1-4-15-13-16-7-11(14)12(17-13)18-6-5-10(8-18)9(2)3/h7,9-10H,4-6,8H2,1-3H3,(H,15,16,17). The van der Waals surface area contributed by atoms with Crippen molar-refractivity contribution in [3.63, 3.8) is 0 Å². The molecule has 1 aromatic heterocycles. The minimum Gasteiger partial charge on any atom is -0.355 e. The van der Waals surface area contributed by atoms with Gasteiger partial charge in [-0.1, -0.05) is 13.8 Å². The van der Waals surface area contributed by atoms with Crippen LogP contribution in [0.15, 0.2) is 10.7 Å². The second-order valence-corrected chi connectivity index (χ2v) is 5.99. The molecule has 1 atom stereocenters. The number of rotatable bonds is 4. The minimum absolute atomic E-state index is 0.712. The van der Waals surface area contributed by atoms with Crippen molar-refractivity contribution in [2.24, 2.45) is 11.8 Å². The highest BCUT2D eigenvalue weighted by Crippen LogP contribution is 2.31. The van der Waals surface area contributed by atoms with Crippen LogP contribution in [0.1, 0.15) is 27.2 Å². The molecule has 0 bridgehead atoms. The SMILES string of the molecule is CCNc1ncc(Br)c(N2CCC(C(C)C)C2)n1. The zero-order valence-electron chi connectivity index (χ0n) is 11.3. The van der Waals surface area contributed by atoms with Crippen molar-refractivity contribution in [1.29, 1.82) is 0 Å². The van der Waals surface area contributed by atoms with Gasteiger partial charge in [0.25, 0.3) is 0 Å². The molecule has 0 amide bonds. The minimum atomic E-state index is 0.712. The largest absolute Gasteiger partial charge is 0.355 e. The highest BCUT2D eigenvalue weighted by molar-refractivity contribution is 9.10. The van der Waals surface area contributed by atoms with E-state index in [0.29, 0.717) is 5.95 Å². The molecule has 18 heavy (non-hydrogen) atoms. The summed E-state index contributed by atoms with van der Waals surface area (Å²) in [5.41, 5.74) is 0. The number of halogens is 1. The first-order valence-corrected chi connectivity index (χ1v) is 7.42. The number of aromatic nitrogens is 2. The second kappa shape index (κ2) is 5.87. The fourth-order valence-electron chi connectivity index (χ4n) is 2.35. The summed E-state index contributed by atoms with van der Waals surface area (Å²) in [4.78, 5) is 11.2. The van der Waals surface area contributed by atoms with Crippen molar-refractivity contribution in [3.05, 3.63) is 10.7 Å². The Morgan fingerprint density at radius 1 is 1.56 bits per heavy atom. The molecular weight excluding hydrogens is 292 g/mol. The molecule has 4 nitrogen and oxygen atoms in total. The molecule has 1 saturated heterocycles. The fourth-order valence-corrected chi connectivity index (χ4v) is 2.79. The summed E-state index contributed by atoms with van der Waals surface area (Å²) < 4.78 is 0.980. The van der Waals surface area contributed by atoms with E-state index in [1.807, 2.05) is 6.20 Å². The predicted molar refractivity (Wildman–Crippen MR) is 79.1 cm³/mol. The lowest BCUT2D eigenvalue weighted by Gasteiger charge is -2.20. The highest BCUT2D eigenvalue weighted by Gasteiger charge is 2.27. The van der Waals surface area contributed by atoms with E-state index in [2.05, 4.69) is 56.9 Å². The monoisotopic (exact) mass is 312 g/mol. The Morgan fingerprint density at radius 3 is 2.94 bits per heavy atom. The topological polar surface area (TPSA) is 41.1 Å². The molecule has 1 fully saturated rings. The van der Waals surface area contributed by atoms with E-state index < -0.39 is 0 Å². The lowest BCUT2D eigenvalue weighted by atomic mass is 9.95. The molecule has 5 heteroatoms. The summed E-state index contributed by atoms with van der Waals surface area (Å²) in [5.74, 6) is 3.24. The number of nitrogens with one attached hydrogen (secondary N) is 1. The Bertz CT molecular complexity index is 408. The molecule has 2 rings (SSSR count). The molecule has 2 heterocycles. The third kappa shape index (κ3) is 2.94. The third-order valence-electron chi connectivity index (χ3n) is 3.53. The Balaban J connectivity index is 2.15. The first-order valence-electron chi connectivity index (χ1n) is 6.63. The summed E-state index contributed by atoms with van der Waals surface area (Å²) in [6.45, 7) is 9.68. The molecule has 1 N–H and O–H groups in total. The van der Waals surface area contributed by atoms with Crippen LogP contribution in [0.25, 0.3) is 0 Å². The maximum Gasteiger partial charge on any atom is 0.224 e. The summed E-state index contributed by atoms with van der Waals surface area (Å²) >= 11 is 3.55. The van der Waals surface area contributed by atoms with Crippen LogP contribution in [-0.2, 0) is 0 Å². The van der Waals surface area contributed by atoms with Crippen LogP contribution in [0.4, 0.5) is 11.8 Å². The average molecular weight is 313 g/mol. The van der Waals surface area contributed by atoms with E-state index in [1.165, 1.54) is 6.42 Å². The van der Waals surface area contributed by atoms with Crippen LogP contribution in [0.3, 0.4) is 0 Å². The molecule has 0 saturated carbocycles. The molecule has 1 unspecified atom stereocenters. The van der Waals surface area contributed by atoms with Gasteiger partial charge in [0.05, 0.1) is 4.47 Å². The maximum atomic E-state index is 4.59. The third-order valence-corrected chi connectivity index (χ3v) is 4.09. The van der Waals surface area contributed by atoms with Crippen LogP contribution in [0.2, 0.25) is 0 Å². The lowest BCUT2D eigenvalue weighted by Crippen LogP contribution is -2.23. The van der Waals surface area contributed by atoms with Crippen LogP contribution in [0, 0.1) is 11.8 Å². The van der Waals surface area contributed by atoms with Gasteiger partial charge in [-0.15, -0.1) is 0 Å². The molecule has 1 aromatic rings. The Kier molecular flexibility index (Phi) is 4.43. The van der Waals surface area contributed by atoms with Gasteiger partial charge in [-0.3, -0.25) is 0 Å². The fraction of sp³-hybridized carbons (Fsp3) is 0.692. The Hall–Kier alpha value is -0.840. The van der Waals surface area contributed by atoms with Crippen LogP contribution < -0.4 is 10.2 Å². The van der Waals surface area contributed by atoms with Crippen LogP contribution in [-0.4, -0.2) is 29.6 Å². The molecule has 100 valence electrons. The van der Waals surface area contributed by atoms with E-state index >= 15 is 0 Å². The van der Waals surface area contributed by atoms with Crippen molar-refractivity contribution in [3.8, 4) is 0 Å². The Labute approximate surface area is 117 Å². The average Bonchev–Trinajstić information content (AvgIpc) is 2.81.